The molecule has 1 unspecified atom stereocenters. The molecule has 3 nitrogen and oxygen atoms in total. The second-order valence-corrected chi connectivity index (χ2v) is 7.40. The maximum atomic E-state index is 12.9. The second kappa shape index (κ2) is 7.02. The van der Waals surface area contributed by atoms with Crippen LogP contribution in [0.4, 0.5) is 0 Å². The summed E-state index contributed by atoms with van der Waals surface area (Å²) in [6, 6.07) is 12.1. The first kappa shape index (κ1) is 17.1. The lowest BCUT2D eigenvalue weighted by Gasteiger charge is -2.41. The SMILES string of the molecule is CC(CCc1cccn1C)NC(=O)C1(c2ccc(Cl)cc2)CCC1. The molecular weight excluding hydrogens is 320 g/mol. The summed E-state index contributed by atoms with van der Waals surface area (Å²) in [6.07, 6.45) is 6.92. The molecule has 0 spiro atoms. The predicted molar refractivity (Wildman–Crippen MR) is 98.3 cm³/mol. The summed E-state index contributed by atoms with van der Waals surface area (Å²) in [7, 11) is 2.06. The van der Waals surface area contributed by atoms with Gasteiger partial charge in [-0.25, -0.2) is 0 Å². The van der Waals surface area contributed by atoms with Crippen molar-refractivity contribution in [3.8, 4) is 0 Å². The number of nitrogens with zero attached hydrogens (tertiary/aromatic N) is 1. The van der Waals surface area contributed by atoms with Crippen molar-refractivity contribution < 1.29 is 4.79 Å². The quantitative estimate of drug-likeness (QED) is 0.835. The number of aryl methyl sites for hydroxylation is 2. The predicted octanol–water partition coefficient (Wildman–Crippen LogP) is 4.24. The molecule has 1 fully saturated rings. The van der Waals surface area contributed by atoms with Gasteiger partial charge in [-0.15, -0.1) is 0 Å². The Morgan fingerprint density at radius 3 is 2.54 bits per heavy atom. The Morgan fingerprint density at radius 2 is 2.00 bits per heavy atom. The highest BCUT2D eigenvalue weighted by molar-refractivity contribution is 6.30. The molecule has 3 rings (SSSR count). The van der Waals surface area contributed by atoms with Crippen molar-refractivity contribution in [3.63, 3.8) is 0 Å². The van der Waals surface area contributed by atoms with E-state index in [9.17, 15) is 4.79 Å². The second-order valence-electron chi connectivity index (χ2n) is 6.97. The highest BCUT2D eigenvalue weighted by Crippen LogP contribution is 2.44. The number of benzene rings is 1. The minimum Gasteiger partial charge on any atom is -0.354 e. The van der Waals surface area contributed by atoms with Gasteiger partial charge in [-0.05, 0) is 62.4 Å². The van der Waals surface area contributed by atoms with E-state index in [1.165, 1.54) is 5.69 Å². The van der Waals surface area contributed by atoms with Gasteiger partial charge >= 0.3 is 0 Å². The van der Waals surface area contributed by atoms with Crippen LogP contribution in [-0.4, -0.2) is 16.5 Å². The summed E-state index contributed by atoms with van der Waals surface area (Å²) in [5.41, 5.74) is 2.03. The summed E-state index contributed by atoms with van der Waals surface area (Å²) in [4.78, 5) is 12.9. The van der Waals surface area contributed by atoms with Crippen LogP contribution < -0.4 is 5.32 Å². The van der Waals surface area contributed by atoms with Crippen LogP contribution in [0.25, 0.3) is 0 Å². The average Bonchev–Trinajstić information content (AvgIpc) is 2.91. The van der Waals surface area contributed by atoms with Gasteiger partial charge in [0.2, 0.25) is 5.91 Å². The number of carbonyl (C=O) groups excluding carboxylic acids is 1. The van der Waals surface area contributed by atoms with Crippen LogP contribution in [-0.2, 0) is 23.7 Å². The molecule has 1 heterocycles. The van der Waals surface area contributed by atoms with Crippen molar-refractivity contribution in [2.75, 3.05) is 0 Å². The number of nitrogens with one attached hydrogen (secondary N) is 1. The first-order valence-corrected chi connectivity index (χ1v) is 9.06. The van der Waals surface area contributed by atoms with Crippen LogP contribution >= 0.6 is 11.6 Å². The summed E-state index contributed by atoms with van der Waals surface area (Å²) < 4.78 is 2.13. The third-order valence-electron chi connectivity index (χ3n) is 5.30. The topological polar surface area (TPSA) is 34.0 Å². The van der Waals surface area contributed by atoms with Crippen LogP contribution in [0.15, 0.2) is 42.6 Å². The molecule has 1 amide bonds. The molecule has 0 bridgehead atoms. The Kier molecular flexibility index (Phi) is 5.00. The average molecular weight is 345 g/mol. The van der Waals surface area contributed by atoms with Crippen LogP contribution in [0.1, 0.15) is 43.9 Å². The fraction of sp³-hybridized carbons (Fsp3) is 0.450. The number of hydrogen-bond donors (Lipinski definition) is 1. The van der Waals surface area contributed by atoms with Crippen molar-refractivity contribution in [2.24, 2.45) is 7.05 Å². The first-order valence-electron chi connectivity index (χ1n) is 8.68. The van der Waals surface area contributed by atoms with Crippen molar-refractivity contribution in [1.29, 1.82) is 0 Å². The van der Waals surface area contributed by atoms with Gasteiger partial charge in [0.25, 0.3) is 0 Å². The Bertz CT molecular complexity index is 701. The van der Waals surface area contributed by atoms with E-state index in [1.807, 2.05) is 24.3 Å². The Hall–Kier alpha value is -1.74. The number of carbonyl (C=O) groups is 1. The van der Waals surface area contributed by atoms with E-state index in [1.54, 1.807) is 0 Å². The van der Waals surface area contributed by atoms with E-state index in [4.69, 9.17) is 11.6 Å². The molecule has 1 atom stereocenters. The monoisotopic (exact) mass is 344 g/mol. The molecule has 1 aromatic carbocycles. The lowest BCUT2D eigenvalue weighted by atomic mass is 9.63. The molecule has 1 saturated carbocycles. The molecule has 128 valence electrons. The number of amides is 1. The standard InChI is InChI=1S/C20H25ClN2O/c1-15(6-11-18-5-3-14-23(18)2)22-19(24)20(12-4-13-20)16-7-9-17(21)10-8-16/h3,5,7-10,14-15H,4,6,11-13H2,1-2H3,(H,22,24). The third kappa shape index (κ3) is 3.36. The minimum atomic E-state index is -0.357. The molecule has 1 aliphatic rings. The molecule has 0 radical (unpaired) electrons. The zero-order chi connectivity index (χ0) is 17.2. The zero-order valence-corrected chi connectivity index (χ0v) is 15.1. The molecule has 1 aromatic heterocycles. The van der Waals surface area contributed by atoms with Crippen molar-refractivity contribution >= 4 is 17.5 Å². The van der Waals surface area contributed by atoms with Crippen LogP contribution in [0.3, 0.4) is 0 Å². The van der Waals surface area contributed by atoms with Crippen molar-refractivity contribution in [3.05, 3.63) is 58.9 Å². The molecule has 0 saturated heterocycles. The van der Waals surface area contributed by atoms with Crippen molar-refractivity contribution in [1.82, 2.24) is 9.88 Å². The van der Waals surface area contributed by atoms with Gasteiger partial charge < -0.3 is 9.88 Å². The fourth-order valence-corrected chi connectivity index (χ4v) is 3.63. The van der Waals surface area contributed by atoms with E-state index < -0.39 is 0 Å². The van der Waals surface area contributed by atoms with Crippen LogP contribution in [0.5, 0.6) is 0 Å². The van der Waals surface area contributed by atoms with E-state index in [0.717, 1.165) is 37.7 Å². The number of rotatable bonds is 6. The van der Waals surface area contributed by atoms with Gasteiger partial charge in [-0.3, -0.25) is 4.79 Å². The summed E-state index contributed by atoms with van der Waals surface area (Å²) >= 11 is 5.99. The molecule has 1 N–H and O–H groups in total. The lowest BCUT2D eigenvalue weighted by molar-refractivity contribution is -0.130. The van der Waals surface area contributed by atoms with Gasteiger partial charge in [0.1, 0.15) is 0 Å². The molecule has 4 heteroatoms. The zero-order valence-electron chi connectivity index (χ0n) is 14.4. The van der Waals surface area contributed by atoms with Gasteiger partial charge in [0.05, 0.1) is 5.41 Å². The van der Waals surface area contributed by atoms with E-state index in [0.29, 0.717) is 5.02 Å². The number of halogens is 1. The summed E-state index contributed by atoms with van der Waals surface area (Å²) in [6.45, 7) is 2.09. The number of aromatic nitrogens is 1. The maximum Gasteiger partial charge on any atom is 0.230 e. The molecule has 2 aromatic rings. The van der Waals surface area contributed by atoms with Crippen LogP contribution in [0, 0.1) is 0 Å². The molecule has 24 heavy (non-hydrogen) atoms. The van der Waals surface area contributed by atoms with Crippen molar-refractivity contribution in [2.45, 2.75) is 50.5 Å². The van der Waals surface area contributed by atoms with Crippen LogP contribution in [0.2, 0.25) is 5.02 Å². The summed E-state index contributed by atoms with van der Waals surface area (Å²) in [5.74, 6) is 0.162. The highest BCUT2D eigenvalue weighted by atomic mass is 35.5. The lowest BCUT2D eigenvalue weighted by Crippen LogP contribution is -2.51. The van der Waals surface area contributed by atoms with E-state index in [2.05, 4.69) is 42.2 Å². The fourth-order valence-electron chi connectivity index (χ4n) is 3.50. The Labute approximate surface area is 149 Å². The van der Waals surface area contributed by atoms with Gasteiger partial charge in [-0.2, -0.15) is 0 Å². The van der Waals surface area contributed by atoms with Gasteiger partial charge in [0, 0.05) is 30.0 Å². The largest absolute Gasteiger partial charge is 0.354 e. The number of hydrogen-bond acceptors (Lipinski definition) is 1. The Morgan fingerprint density at radius 1 is 1.29 bits per heavy atom. The molecular formula is C20H25ClN2O. The van der Waals surface area contributed by atoms with E-state index in [-0.39, 0.29) is 17.4 Å². The normalized spacial score (nSPS) is 17.1. The van der Waals surface area contributed by atoms with E-state index >= 15 is 0 Å². The van der Waals surface area contributed by atoms with Gasteiger partial charge in [-0.1, -0.05) is 30.2 Å². The Balaban J connectivity index is 1.62. The molecule has 1 aliphatic carbocycles. The van der Waals surface area contributed by atoms with Gasteiger partial charge in [0.15, 0.2) is 0 Å². The summed E-state index contributed by atoms with van der Waals surface area (Å²) in [5, 5.41) is 3.95. The highest BCUT2D eigenvalue weighted by Gasteiger charge is 2.45. The first-order chi connectivity index (χ1) is 11.5. The smallest absolute Gasteiger partial charge is 0.230 e. The molecule has 0 aliphatic heterocycles. The maximum absolute atomic E-state index is 12.9. The minimum absolute atomic E-state index is 0.162. The third-order valence-corrected chi connectivity index (χ3v) is 5.55.